The number of furan rings is 1. The number of nitrogens with two attached hydrogens (primary N) is 1. The average Bonchev–Trinajstić information content (AvgIpc) is 2.98. The average molecular weight is 239 g/mol. The van der Waals surface area contributed by atoms with Crippen LogP contribution in [0.4, 0.5) is 0 Å². The maximum atomic E-state index is 11.2. The minimum Gasteiger partial charge on any atom is -0.455 e. The summed E-state index contributed by atoms with van der Waals surface area (Å²) in [6.45, 7) is 2.23. The van der Waals surface area contributed by atoms with Crippen molar-refractivity contribution in [1.82, 2.24) is 10.3 Å². The van der Waals surface area contributed by atoms with Gasteiger partial charge in [-0.25, -0.2) is 5.84 Å². The number of rotatable bonds is 4. The van der Waals surface area contributed by atoms with Crippen molar-refractivity contribution < 1.29 is 13.9 Å². The number of nitrogens with one attached hydrogen (secondary N) is 1. The maximum absolute atomic E-state index is 11.2. The van der Waals surface area contributed by atoms with E-state index in [1.807, 2.05) is 12.5 Å². The first-order chi connectivity index (χ1) is 8.20. The molecular weight excluding hydrogens is 222 g/mol. The van der Waals surface area contributed by atoms with Crippen molar-refractivity contribution in [1.29, 1.82) is 0 Å². The van der Waals surface area contributed by atoms with Crippen LogP contribution in [0.1, 0.15) is 22.7 Å². The summed E-state index contributed by atoms with van der Waals surface area (Å²) in [4.78, 5) is 13.4. The van der Waals surface area contributed by atoms with E-state index in [0.717, 1.165) is 25.4 Å². The highest BCUT2D eigenvalue weighted by Gasteiger charge is 2.21. The summed E-state index contributed by atoms with van der Waals surface area (Å²) in [5, 5.41) is 0. The van der Waals surface area contributed by atoms with Crippen molar-refractivity contribution in [3.05, 3.63) is 23.7 Å². The Labute approximate surface area is 99.7 Å². The third kappa shape index (κ3) is 2.85. The van der Waals surface area contributed by atoms with E-state index >= 15 is 0 Å². The molecule has 6 nitrogen and oxygen atoms in total. The molecule has 0 radical (unpaired) electrons. The van der Waals surface area contributed by atoms with Crippen molar-refractivity contribution in [3.8, 4) is 0 Å². The van der Waals surface area contributed by atoms with Gasteiger partial charge in [0.2, 0.25) is 0 Å². The molecule has 2 heterocycles. The van der Waals surface area contributed by atoms with E-state index in [4.69, 9.17) is 15.0 Å². The molecule has 6 heteroatoms. The van der Waals surface area contributed by atoms with Crippen molar-refractivity contribution in [2.45, 2.75) is 19.0 Å². The number of nitrogens with zero attached hydrogens (tertiary/aromatic N) is 1. The zero-order chi connectivity index (χ0) is 12.3. The Bertz CT molecular complexity index is 385. The fraction of sp³-hybridized carbons (Fsp3) is 0.545. The molecule has 1 aliphatic heterocycles. The minimum atomic E-state index is -0.414. The van der Waals surface area contributed by atoms with Crippen molar-refractivity contribution in [2.75, 3.05) is 20.3 Å². The molecule has 0 aromatic carbocycles. The molecule has 0 bridgehead atoms. The first kappa shape index (κ1) is 12.1. The lowest BCUT2D eigenvalue weighted by Gasteiger charge is -2.21. The number of hydrazine groups is 1. The van der Waals surface area contributed by atoms with Crippen molar-refractivity contribution in [3.63, 3.8) is 0 Å². The summed E-state index contributed by atoms with van der Waals surface area (Å²) >= 11 is 0. The minimum absolute atomic E-state index is 0.235. The summed E-state index contributed by atoms with van der Waals surface area (Å²) in [7, 11) is 2.02. The van der Waals surface area contributed by atoms with Crippen LogP contribution in [-0.4, -0.2) is 37.1 Å². The molecule has 1 aromatic rings. The quantitative estimate of drug-likeness (QED) is 0.442. The van der Waals surface area contributed by atoms with Gasteiger partial charge in [0.05, 0.1) is 13.2 Å². The smallest absolute Gasteiger partial charge is 0.300 e. The molecule has 17 heavy (non-hydrogen) atoms. The maximum Gasteiger partial charge on any atom is 0.300 e. The van der Waals surface area contributed by atoms with Gasteiger partial charge in [0.25, 0.3) is 0 Å². The first-order valence-electron chi connectivity index (χ1n) is 5.58. The highest BCUT2D eigenvalue weighted by Crippen LogP contribution is 2.15. The van der Waals surface area contributed by atoms with Gasteiger partial charge < -0.3 is 9.15 Å². The van der Waals surface area contributed by atoms with Crippen LogP contribution in [0.2, 0.25) is 0 Å². The van der Waals surface area contributed by atoms with Crippen LogP contribution >= 0.6 is 0 Å². The number of nitrogen functional groups attached to an aromatic ring is 1. The molecule has 1 saturated heterocycles. The zero-order valence-electron chi connectivity index (χ0n) is 9.81. The lowest BCUT2D eigenvalue weighted by Crippen LogP contribution is -2.31. The molecular formula is C11H17N3O3. The molecule has 1 amide bonds. The van der Waals surface area contributed by atoms with E-state index in [1.54, 1.807) is 12.1 Å². The third-order valence-electron chi connectivity index (χ3n) is 2.95. The van der Waals surface area contributed by atoms with E-state index in [-0.39, 0.29) is 5.76 Å². The fourth-order valence-corrected chi connectivity index (χ4v) is 1.90. The lowest BCUT2D eigenvalue weighted by atomic mass is 10.2. The van der Waals surface area contributed by atoms with Crippen LogP contribution in [0.25, 0.3) is 0 Å². The number of likely N-dealkylation sites (N-methyl/N-ethyl adjacent to an activating group) is 1. The Balaban J connectivity index is 1.94. The van der Waals surface area contributed by atoms with Crippen LogP contribution in [0.3, 0.4) is 0 Å². The first-order valence-corrected chi connectivity index (χ1v) is 5.58. The molecule has 1 fully saturated rings. The van der Waals surface area contributed by atoms with Crippen LogP contribution in [0, 0.1) is 0 Å². The molecule has 0 aliphatic carbocycles. The normalized spacial score (nSPS) is 19.8. The molecule has 1 unspecified atom stereocenters. The summed E-state index contributed by atoms with van der Waals surface area (Å²) in [6.07, 6.45) is 1.04. The van der Waals surface area contributed by atoms with Gasteiger partial charge in [-0.15, -0.1) is 0 Å². The van der Waals surface area contributed by atoms with Crippen molar-refractivity contribution in [2.24, 2.45) is 5.84 Å². The molecule has 1 atom stereocenters. The number of carbonyl (C=O) groups is 1. The Hall–Kier alpha value is -1.37. The second kappa shape index (κ2) is 5.31. The predicted molar refractivity (Wildman–Crippen MR) is 61.1 cm³/mol. The number of hydrogen-bond donors (Lipinski definition) is 2. The zero-order valence-corrected chi connectivity index (χ0v) is 9.81. The summed E-state index contributed by atoms with van der Waals surface area (Å²) < 4.78 is 10.7. The van der Waals surface area contributed by atoms with Crippen LogP contribution in [-0.2, 0) is 11.3 Å². The standard InChI is InChI=1S/C11H17N3O3/c1-14(8-4-5-16-7-8)6-9-2-3-10(17-9)11(15)13-12/h2-3,8H,4-7,12H2,1H3,(H,13,15). The van der Waals surface area contributed by atoms with Gasteiger partial charge in [-0.3, -0.25) is 15.1 Å². The largest absolute Gasteiger partial charge is 0.455 e. The second-order valence-corrected chi connectivity index (χ2v) is 4.17. The van der Waals surface area contributed by atoms with Crippen LogP contribution in [0.15, 0.2) is 16.5 Å². The van der Waals surface area contributed by atoms with E-state index in [9.17, 15) is 4.79 Å². The van der Waals surface area contributed by atoms with Crippen LogP contribution < -0.4 is 11.3 Å². The van der Waals surface area contributed by atoms with Gasteiger partial charge in [-0.2, -0.15) is 0 Å². The molecule has 0 spiro atoms. The van der Waals surface area contributed by atoms with Gasteiger partial charge >= 0.3 is 5.91 Å². The Kier molecular flexibility index (Phi) is 3.78. The summed E-state index contributed by atoms with van der Waals surface area (Å²) in [5.41, 5.74) is 2.04. The number of ether oxygens (including phenoxy) is 1. The van der Waals surface area contributed by atoms with E-state index in [1.165, 1.54) is 0 Å². The highest BCUT2D eigenvalue weighted by molar-refractivity contribution is 5.90. The van der Waals surface area contributed by atoms with Gasteiger partial charge in [-0.1, -0.05) is 0 Å². The summed E-state index contributed by atoms with van der Waals surface area (Å²) in [5.74, 6) is 5.60. The van der Waals surface area contributed by atoms with Gasteiger partial charge in [0, 0.05) is 12.6 Å². The predicted octanol–water partition coefficient (Wildman–Crippen LogP) is 0.104. The van der Waals surface area contributed by atoms with E-state index < -0.39 is 5.91 Å². The van der Waals surface area contributed by atoms with E-state index in [2.05, 4.69) is 4.90 Å². The van der Waals surface area contributed by atoms with Gasteiger partial charge in [-0.05, 0) is 25.6 Å². The number of hydrogen-bond acceptors (Lipinski definition) is 5. The van der Waals surface area contributed by atoms with E-state index in [0.29, 0.717) is 12.6 Å². The lowest BCUT2D eigenvalue weighted by molar-refractivity contribution is 0.0920. The monoisotopic (exact) mass is 239 g/mol. The number of amides is 1. The molecule has 0 saturated carbocycles. The molecule has 1 aromatic heterocycles. The third-order valence-corrected chi connectivity index (χ3v) is 2.95. The van der Waals surface area contributed by atoms with Crippen molar-refractivity contribution >= 4 is 5.91 Å². The second-order valence-electron chi connectivity index (χ2n) is 4.17. The Morgan fingerprint density at radius 3 is 3.12 bits per heavy atom. The Morgan fingerprint density at radius 2 is 2.47 bits per heavy atom. The van der Waals surface area contributed by atoms with Gasteiger partial charge in [0.15, 0.2) is 5.76 Å². The molecule has 1 aliphatic rings. The molecule has 2 rings (SSSR count). The van der Waals surface area contributed by atoms with Gasteiger partial charge in [0.1, 0.15) is 5.76 Å². The fourth-order valence-electron chi connectivity index (χ4n) is 1.90. The SMILES string of the molecule is CN(Cc1ccc(C(=O)NN)o1)C1CCOC1. The highest BCUT2D eigenvalue weighted by atomic mass is 16.5. The number of carbonyl (C=O) groups excluding carboxylic acids is 1. The van der Waals surface area contributed by atoms with Crippen LogP contribution in [0.5, 0.6) is 0 Å². The molecule has 3 N–H and O–H groups in total. The molecule has 94 valence electrons. The topological polar surface area (TPSA) is 80.7 Å². The summed E-state index contributed by atoms with van der Waals surface area (Å²) in [6, 6.07) is 3.83. The Morgan fingerprint density at radius 1 is 1.65 bits per heavy atom.